The van der Waals surface area contributed by atoms with E-state index in [1.807, 2.05) is 24.3 Å². The van der Waals surface area contributed by atoms with Gasteiger partial charge in [-0.25, -0.2) is 9.78 Å². The number of nitrogens with zero attached hydrogens (tertiary/aromatic N) is 1. The highest BCUT2D eigenvalue weighted by Crippen LogP contribution is 2.31. The van der Waals surface area contributed by atoms with Crippen LogP contribution in [-0.2, 0) is 10.5 Å². The summed E-state index contributed by atoms with van der Waals surface area (Å²) in [6, 6.07) is 13.7. The molecule has 4 aromatic rings. The van der Waals surface area contributed by atoms with Gasteiger partial charge in [-0.05, 0) is 30.3 Å². The Kier molecular flexibility index (Phi) is 6.82. The molecule has 0 aliphatic heterocycles. The first-order valence-electron chi connectivity index (χ1n) is 8.86. The molecule has 6 nitrogen and oxygen atoms in total. The highest BCUT2D eigenvalue weighted by atomic mass is 35.5. The van der Waals surface area contributed by atoms with E-state index < -0.39 is 18.0 Å². The monoisotopic (exact) mass is 493 g/mol. The molecule has 0 spiro atoms. The van der Waals surface area contributed by atoms with Crippen LogP contribution in [0.2, 0.25) is 10.0 Å². The molecule has 0 aliphatic rings. The van der Waals surface area contributed by atoms with E-state index in [2.05, 4.69) is 4.98 Å². The number of ether oxygens (including phenoxy) is 2. The molecule has 0 fully saturated rings. The molecule has 0 unspecified atom stereocenters. The average Bonchev–Trinajstić information content (AvgIpc) is 3.16. The maximum Gasteiger partial charge on any atom is 0.349 e. The van der Waals surface area contributed by atoms with Crippen LogP contribution < -0.4 is 14.9 Å². The average molecular weight is 494 g/mol. The van der Waals surface area contributed by atoms with Gasteiger partial charge in [0.2, 0.25) is 11.2 Å². The van der Waals surface area contributed by atoms with Crippen molar-refractivity contribution in [1.82, 2.24) is 4.98 Å². The molecule has 2 aromatic carbocycles. The van der Waals surface area contributed by atoms with E-state index in [0.29, 0.717) is 16.5 Å². The van der Waals surface area contributed by atoms with Crippen molar-refractivity contribution in [1.29, 1.82) is 0 Å². The zero-order valence-electron chi connectivity index (χ0n) is 15.7. The molecule has 0 atom stereocenters. The third-order valence-electron chi connectivity index (χ3n) is 3.93. The number of carbonyl (C=O) groups excluding carboxylic acids is 1. The molecule has 0 saturated carbocycles. The van der Waals surface area contributed by atoms with Crippen molar-refractivity contribution in [2.45, 2.75) is 10.1 Å². The van der Waals surface area contributed by atoms with Gasteiger partial charge in [-0.15, -0.1) is 11.3 Å². The summed E-state index contributed by atoms with van der Waals surface area (Å²) in [5, 5.41) is 0.703. The van der Waals surface area contributed by atoms with Crippen LogP contribution in [0.1, 0.15) is 5.76 Å². The zero-order valence-corrected chi connectivity index (χ0v) is 18.8. The lowest BCUT2D eigenvalue weighted by atomic mass is 10.3. The second-order valence-corrected chi connectivity index (χ2v) is 9.25. The fraction of sp³-hybridized carbons (Fsp3) is 0.0952. The number of halogens is 2. The minimum atomic E-state index is -0.769. The number of thioether (sulfide) groups is 1. The molecular weight excluding hydrogens is 481 g/mol. The number of para-hydroxylation sites is 1. The minimum absolute atomic E-state index is 0.218. The normalized spacial score (nSPS) is 10.9. The second-order valence-electron chi connectivity index (χ2n) is 6.15. The Morgan fingerprint density at radius 3 is 2.74 bits per heavy atom. The van der Waals surface area contributed by atoms with E-state index in [9.17, 15) is 9.59 Å². The van der Waals surface area contributed by atoms with Crippen molar-refractivity contribution in [3.63, 3.8) is 0 Å². The summed E-state index contributed by atoms with van der Waals surface area (Å²) < 4.78 is 17.7. The molecule has 0 bridgehead atoms. The predicted octanol–water partition coefficient (Wildman–Crippen LogP) is 5.83. The van der Waals surface area contributed by atoms with Crippen LogP contribution >= 0.6 is 46.3 Å². The lowest BCUT2D eigenvalue weighted by Crippen LogP contribution is -2.21. The Bertz CT molecular complexity index is 1270. The molecule has 0 amide bonds. The first kappa shape index (κ1) is 21.7. The van der Waals surface area contributed by atoms with Gasteiger partial charge in [0.05, 0.1) is 21.0 Å². The smallest absolute Gasteiger partial charge is 0.349 e. The third-order valence-corrected chi connectivity index (χ3v) is 6.66. The standard InChI is InChI=1S/C21H13Cl2NO5S2/c22-12-5-6-17(14(23)7-12)28-10-20(26)29-18-9-27-13(8-16(18)25)11-30-21-24-15-3-1-2-4-19(15)31-21/h1-9H,10-11H2. The van der Waals surface area contributed by atoms with Gasteiger partial charge in [-0.2, -0.15) is 0 Å². The fourth-order valence-corrected chi connectivity index (χ4v) is 4.94. The van der Waals surface area contributed by atoms with Crippen molar-refractivity contribution in [2.75, 3.05) is 6.61 Å². The SMILES string of the molecule is O=C(COc1ccc(Cl)cc1Cl)Oc1coc(CSc2nc3ccccc3s2)cc1=O. The molecule has 2 aromatic heterocycles. The number of esters is 1. The van der Waals surface area contributed by atoms with Gasteiger partial charge in [-0.1, -0.05) is 47.1 Å². The van der Waals surface area contributed by atoms with Crippen LogP contribution in [0.3, 0.4) is 0 Å². The Labute approximate surface area is 194 Å². The molecule has 0 saturated heterocycles. The summed E-state index contributed by atoms with van der Waals surface area (Å²) in [6.07, 6.45) is 1.11. The van der Waals surface area contributed by atoms with Crippen LogP contribution in [0, 0.1) is 0 Å². The number of rotatable bonds is 7. The highest BCUT2D eigenvalue weighted by Gasteiger charge is 2.13. The van der Waals surface area contributed by atoms with Crippen LogP contribution in [0.5, 0.6) is 11.5 Å². The molecule has 0 aliphatic carbocycles. The summed E-state index contributed by atoms with van der Waals surface area (Å²) in [6.45, 7) is -0.435. The number of hydrogen-bond donors (Lipinski definition) is 0. The molecule has 31 heavy (non-hydrogen) atoms. The van der Waals surface area contributed by atoms with E-state index >= 15 is 0 Å². The molecule has 4 rings (SSSR count). The third kappa shape index (κ3) is 5.59. The van der Waals surface area contributed by atoms with Crippen molar-refractivity contribution >= 4 is 62.5 Å². The van der Waals surface area contributed by atoms with Crippen molar-refractivity contribution in [3.8, 4) is 11.5 Å². The Balaban J connectivity index is 1.33. The zero-order chi connectivity index (χ0) is 21.8. The maximum atomic E-state index is 12.3. The van der Waals surface area contributed by atoms with Crippen molar-refractivity contribution in [3.05, 3.63) is 80.8 Å². The van der Waals surface area contributed by atoms with E-state index in [4.69, 9.17) is 37.1 Å². The Morgan fingerprint density at radius 2 is 1.97 bits per heavy atom. The molecule has 2 heterocycles. The number of aromatic nitrogens is 1. The summed E-state index contributed by atoms with van der Waals surface area (Å²) in [5.41, 5.74) is 0.463. The van der Waals surface area contributed by atoms with Gasteiger partial charge in [0, 0.05) is 11.1 Å². The van der Waals surface area contributed by atoms with Gasteiger partial charge >= 0.3 is 5.97 Å². The Morgan fingerprint density at radius 1 is 1.13 bits per heavy atom. The van der Waals surface area contributed by atoms with Gasteiger partial charge in [0.1, 0.15) is 17.8 Å². The number of thiazole rings is 1. The topological polar surface area (TPSA) is 78.6 Å². The lowest BCUT2D eigenvalue weighted by molar-refractivity contribution is -0.136. The molecule has 158 valence electrons. The minimum Gasteiger partial charge on any atom is -0.480 e. The van der Waals surface area contributed by atoms with Crippen LogP contribution in [0.4, 0.5) is 0 Å². The van der Waals surface area contributed by atoms with Gasteiger partial charge in [0.25, 0.3) is 0 Å². The molecule has 10 heteroatoms. The number of carbonyl (C=O) groups is 1. The van der Waals surface area contributed by atoms with E-state index in [1.165, 1.54) is 30.0 Å². The van der Waals surface area contributed by atoms with Crippen molar-refractivity contribution < 1.29 is 18.7 Å². The Hall–Kier alpha value is -2.52. The van der Waals surface area contributed by atoms with E-state index in [-0.39, 0.29) is 16.5 Å². The number of fused-ring (bicyclic) bond motifs is 1. The number of hydrogen-bond acceptors (Lipinski definition) is 8. The first-order valence-corrected chi connectivity index (χ1v) is 11.4. The van der Waals surface area contributed by atoms with Crippen molar-refractivity contribution in [2.24, 2.45) is 0 Å². The van der Waals surface area contributed by atoms with Crippen LogP contribution in [-0.4, -0.2) is 17.6 Å². The van der Waals surface area contributed by atoms with Gasteiger partial charge < -0.3 is 13.9 Å². The van der Waals surface area contributed by atoms with Crippen LogP contribution in [0.15, 0.2) is 68.3 Å². The first-order chi connectivity index (χ1) is 15.0. The highest BCUT2D eigenvalue weighted by molar-refractivity contribution is 8.00. The summed E-state index contributed by atoms with van der Waals surface area (Å²) in [5.74, 6) is 0.150. The quantitative estimate of drug-likeness (QED) is 0.236. The largest absolute Gasteiger partial charge is 0.480 e. The molecule has 0 radical (unpaired) electrons. The fourth-order valence-electron chi connectivity index (χ4n) is 2.52. The molecule has 0 N–H and O–H groups in total. The predicted molar refractivity (Wildman–Crippen MR) is 122 cm³/mol. The molecular formula is C21H13Cl2NO5S2. The van der Waals surface area contributed by atoms with E-state index in [0.717, 1.165) is 20.8 Å². The maximum absolute atomic E-state index is 12.3. The summed E-state index contributed by atoms with van der Waals surface area (Å²) >= 11 is 14.8. The summed E-state index contributed by atoms with van der Waals surface area (Å²) in [4.78, 5) is 28.8. The van der Waals surface area contributed by atoms with Crippen LogP contribution in [0.25, 0.3) is 10.2 Å². The van der Waals surface area contributed by atoms with Gasteiger partial charge in [-0.3, -0.25) is 4.79 Å². The lowest BCUT2D eigenvalue weighted by Gasteiger charge is -2.08. The summed E-state index contributed by atoms with van der Waals surface area (Å²) in [7, 11) is 0. The number of benzene rings is 2. The second kappa shape index (κ2) is 9.74. The van der Waals surface area contributed by atoms with Gasteiger partial charge in [0.15, 0.2) is 10.9 Å². The van der Waals surface area contributed by atoms with E-state index in [1.54, 1.807) is 17.4 Å².